The van der Waals surface area contributed by atoms with Gasteiger partial charge in [-0.15, -0.1) is 25.8 Å². The molecule has 4 nitrogen and oxygen atoms in total. The fourth-order valence-corrected chi connectivity index (χ4v) is 5.33. The summed E-state index contributed by atoms with van der Waals surface area (Å²) in [6.45, 7) is 15.4. The molecule has 32 heavy (non-hydrogen) atoms. The highest BCUT2D eigenvalue weighted by Gasteiger charge is 2.44. The summed E-state index contributed by atoms with van der Waals surface area (Å²) < 4.78 is 0. The van der Waals surface area contributed by atoms with Crippen LogP contribution in [0.15, 0.2) is 54.5 Å². The summed E-state index contributed by atoms with van der Waals surface area (Å²) >= 11 is 4.13. The molecule has 1 aromatic heterocycles. The van der Waals surface area contributed by atoms with Crippen molar-refractivity contribution in [2.75, 3.05) is 7.11 Å². The molecule has 2 aliphatic carbocycles. The summed E-state index contributed by atoms with van der Waals surface area (Å²) in [6.07, 6.45) is 5.15. The first-order valence-electron chi connectivity index (χ1n) is 11.4. The largest absolute Gasteiger partial charge is 0.400 e. The molecule has 5 heteroatoms. The van der Waals surface area contributed by atoms with Crippen LogP contribution in [0.3, 0.4) is 0 Å². The molecule has 0 radical (unpaired) electrons. The lowest BCUT2D eigenvalue weighted by atomic mass is 9.56. The number of aliphatic hydroxyl groups is 1. The number of aromatic nitrogens is 3. The minimum Gasteiger partial charge on any atom is -0.400 e. The second kappa shape index (κ2) is 11.7. The highest BCUT2D eigenvalue weighted by Crippen LogP contribution is 2.54. The van der Waals surface area contributed by atoms with Gasteiger partial charge in [0.25, 0.3) is 0 Å². The summed E-state index contributed by atoms with van der Waals surface area (Å²) in [4.78, 5) is 1.02. The predicted molar refractivity (Wildman–Crippen MR) is 138 cm³/mol. The Balaban J connectivity index is 0.000000255. The number of hydrogen-bond acceptors (Lipinski definition) is 4. The van der Waals surface area contributed by atoms with E-state index >= 15 is 0 Å². The third-order valence-electron chi connectivity index (χ3n) is 7.28. The number of aryl methyl sites for hydroxylation is 2. The molecule has 0 spiro atoms. The molecule has 3 aromatic rings. The number of rotatable bonds is 0. The van der Waals surface area contributed by atoms with Gasteiger partial charge in [0.1, 0.15) is 11.0 Å². The molecule has 2 aromatic carbocycles. The average molecular weight is 454 g/mol. The van der Waals surface area contributed by atoms with E-state index in [4.69, 9.17) is 5.11 Å². The number of nitrogens with one attached hydrogen (secondary N) is 1. The number of fused-ring (bicyclic) bond motifs is 5. The van der Waals surface area contributed by atoms with Gasteiger partial charge in [-0.2, -0.15) is 15.4 Å². The zero-order valence-corrected chi connectivity index (χ0v) is 21.1. The molecule has 0 amide bonds. The molecule has 2 N–H and O–H groups in total. The predicted octanol–water partition coefficient (Wildman–Crippen LogP) is 6.75. The Hall–Kier alpha value is -2.11. The number of aromatic amines is 1. The van der Waals surface area contributed by atoms with Crippen LogP contribution in [0.1, 0.15) is 62.6 Å². The second-order valence-electron chi connectivity index (χ2n) is 9.29. The summed E-state index contributed by atoms with van der Waals surface area (Å²) in [5.74, 6) is 2.39. The molecular weight excluding hydrogens is 414 g/mol. The first-order chi connectivity index (χ1) is 15.4. The van der Waals surface area contributed by atoms with Crippen LogP contribution >= 0.6 is 12.6 Å². The molecule has 174 valence electrons. The van der Waals surface area contributed by atoms with Crippen LogP contribution in [-0.2, 0) is 6.42 Å². The van der Waals surface area contributed by atoms with E-state index in [0.717, 1.165) is 40.8 Å². The molecule has 1 fully saturated rings. The number of aliphatic hydroxyl groups excluding tert-OH is 1. The summed E-state index contributed by atoms with van der Waals surface area (Å²) in [5.41, 5.74) is 6.93. The second-order valence-corrected chi connectivity index (χ2v) is 9.80. The Labute approximate surface area is 198 Å². The zero-order chi connectivity index (χ0) is 23.9. The van der Waals surface area contributed by atoms with E-state index in [9.17, 15) is 0 Å². The van der Waals surface area contributed by atoms with Crippen LogP contribution in [0.2, 0.25) is 0 Å². The van der Waals surface area contributed by atoms with E-state index in [1.807, 2.05) is 24.3 Å². The van der Waals surface area contributed by atoms with Gasteiger partial charge in [0, 0.05) is 12.0 Å². The van der Waals surface area contributed by atoms with Crippen LogP contribution in [-0.4, -0.2) is 27.6 Å². The molecule has 0 aliphatic heterocycles. The van der Waals surface area contributed by atoms with Crippen molar-refractivity contribution in [1.82, 2.24) is 15.4 Å². The first kappa shape index (κ1) is 26.1. The Morgan fingerprint density at radius 1 is 1.03 bits per heavy atom. The molecule has 5 rings (SSSR count). The summed E-state index contributed by atoms with van der Waals surface area (Å²) in [7, 11) is 1.00. The maximum atomic E-state index is 7.00. The van der Waals surface area contributed by atoms with Crippen molar-refractivity contribution >= 4 is 23.7 Å². The third kappa shape index (κ3) is 5.62. The molecule has 1 saturated carbocycles. The monoisotopic (exact) mass is 453 g/mol. The lowest BCUT2D eigenvalue weighted by Crippen LogP contribution is -2.39. The van der Waals surface area contributed by atoms with E-state index in [1.165, 1.54) is 36.8 Å². The van der Waals surface area contributed by atoms with E-state index < -0.39 is 0 Å². The Morgan fingerprint density at radius 2 is 1.69 bits per heavy atom. The normalized spacial score (nSPS) is 22.5. The van der Waals surface area contributed by atoms with Gasteiger partial charge in [-0.05, 0) is 85.1 Å². The third-order valence-corrected chi connectivity index (χ3v) is 7.58. The lowest BCUT2D eigenvalue weighted by molar-refractivity contribution is 0.0601. The van der Waals surface area contributed by atoms with E-state index in [-0.39, 0.29) is 0 Å². The number of thiol groups is 1. The van der Waals surface area contributed by atoms with Gasteiger partial charge in [-0.25, -0.2) is 0 Å². The quantitative estimate of drug-likeness (QED) is 0.260. The standard InChI is InChI=1S/C17H23N3.C7H8S.C2H4.CH4O/c1-10-11-4-5-14-12(13(11)8-9-17(10,2)3)6-7-15-16(14)19-20-18-15;1-6-2-4-7(8)5-3-6;2*1-2/h6-7,10-11,13H,4-5,8-9H2,1-3H3,(H,18,19,20);2-5,8H,1H3;1-2H2;2H,1H3. The Kier molecular flexibility index (Phi) is 9.53. The Bertz CT molecular complexity index is 959. The van der Waals surface area contributed by atoms with E-state index in [0.29, 0.717) is 5.41 Å². The van der Waals surface area contributed by atoms with Crippen LogP contribution in [0.25, 0.3) is 11.0 Å². The van der Waals surface area contributed by atoms with Crippen molar-refractivity contribution in [3.8, 4) is 0 Å². The SMILES string of the molecule is C=C.CC1C2CCc3c(ccc4n[nH]nc34)C2CCC1(C)C.CO.Cc1ccc(S)cc1. The smallest absolute Gasteiger partial charge is 0.116 e. The van der Waals surface area contributed by atoms with Crippen molar-refractivity contribution < 1.29 is 5.11 Å². The number of nitrogens with zero attached hydrogens (tertiary/aromatic N) is 2. The fourth-order valence-electron chi connectivity index (χ4n) is 5.18. The van der Waals surface area contributed by atoms with Gasteiger partial charge in [0.15, 0.2) is 0 Å². The van der Waals surface area contributed by atoms with Crippen molar-refractivity contribution in [3.63, 3.8) is 0 Å². The molecule has 1 heterocycles. The van der Waals surface area contributed by atoms with Crippen molar-refractivity contribution in [2.24, 2.45) is 17.3 Å². The van der Waals surface area contributed by atoms with Gasteiger partial charge in [-0.3, -0.25) is 0 Å². The fraction of sp³-hybridized carbons (Fsp3) is 0.481. The Morgan fingerprint density at radius 3 is 2.31 bits per heavy atom. The van der Waals surface area contributed by atoms with Gasteiger partial charge in [0.2, 0.25) is 0 Å². The minimum atomic E-state index is 0.497. The summed E-state index contributed by atoms with van der Waals surface area (Å²) in [5, 5.41) is 18.4. The first-order valence-corrected chi connectivity index (χ1v) is 11.8. The summed E-state index contributed by atoms with van der Waals surface area (Å²) in [6, 6.07) is 12.5. The highest BCUT2D eigenvalue weighted by atomic mass is 32.1. The molecular formula is C27H39N3OS. The topological polar surface area (TPSA) is 61.8 Å². The average Bonchev–Trinajstić information content (AvgIpc) is 3.30. The maximum absolute atomic E-state index is 7.00. The van der Waals surface area contributed by atoms with Gasteiger partial charge in [-0.1, -0.05) is 44.5 Å². The van der Waals surface area contributed by atoms with Crippen molar-refractivity contribution in [1.29, 1.82) is 0 Å². The van der Waals surface area contributed by atoms with E-state index in [2.05, 4.69) is 81.0 Å². The van der Waals surface area contributed by atoms with Crippen LogP contribution in [0.4, 0.5) is 0 Å². The number of benzene rings is 2. The number of H-pyrrole nitrogens is 1. The number of hydrogen-bond donors (Lipinski definition) is 3. The molecule has 3 unspecified atom stereocenters. The van der Waals surface area contributed by atoms with Gasteiger partial charge in [0.05, 0.1) is 0 Å². The van der Waals surface area contributed by atoms with Crippen molar-refractivity contribution in [2.45, 2.75) is 64.2 Å². The molecule has 3 atom stereocenters. The minimum absolute atomic E-state index is 0.497. The molecule has 2 aliphatic rings. The highest BCUT2D eigenvalue weighted by molar-refractivity contribution is 7.80. The maximum Gasteiger partial charge on any atom is 0.116 e. The van der Waals surface area contributed by atoms with Gasteiger partial charge < -0.3 is 5.11 Å². The van der Waals surface area contributed by atoms with Crippen molar-refractivity contribution in [3.05, 3.63) is 66.2 Å². The molecule has 0 saturated heterocycles. The van der Waals surface area contributed by atoms with Crippen LogP contribution in [0.5, 0.6) is 0 Å². The van der Waals surface area contributed by atoms with Gasteiger partial charge >= 0.3 is 0 Å². The lowest BCUT2D eigenvalue weighted by Gasteiger charge is -2.49. The van der Waals surface area contributed by atoms with Crippen LogP contribution < -0.4 is 0 Å². The molecule has 0 bridgehead atoms. The van der Waals surface area contributed by atoms with Crippen LogP contribution in [0, 0.1) is 24.2 Å². The van der Waals surface area contributed by atoms with E-state index in [1.54, 1.807) is 5.56 Å². The zero-order valence-electron chi connectivity index (χ0n) is 20.2.